The van der Waals surface area contributed by atoms with Gasteiger partial charge in [-0.25, -0.2) is 17.2 Å². The van der Waals surface area contributed by atoms with E-state index in [2.05, 4.69) is 5.32 Å². The summed E-state index contributed by atoms with van der Waals surface area (Å²) in [7, 11) is -3.99. The highest BCUT2D eigenvalue weighted by atomic mass is 32.2. The van der Waals surface area contributed by atoms with Gasteiger partial charge in [-0.2, -0.15) is 17.5 Å². The van der Waals surface area contributed by atoms with Crippen LogP contribution in [0.3, 0.4) is 0 Å². The molecule has 1 saturated heterocycles. The smallest absolute Gasteiger partial charge is 0.325 e. The van der Waals surface area contributed by atoms with E-state index < -0.39 is 45.3 Å². The number of piperazine rings is 1. The molecule has 1 N–H and O–H groups in total. The number of benzene rings is 2. The predicted octanol–water partition coefficient (Wildman–Crippen LogP) is 3.32. The SMILES string of the molecule is C[C@H](C(=O)Nc1ccc(F)c(F)c1)N1CCN(S(=O)(=O)c2ccc(C(F)(F)F)cc2)CC1. The molecule has 12 heteroatoms. The van der Waals surface area contributed by atoms with Crippen LogP contribution in [0, 0.1) is 11.6 Å². The van der Waals surface area contributed by atoms with Gasteiger partial charge in [-0.05, 0) is 43.3 Å². The largest absolute Gasteiger partial charge is 0.416 e. The van der Waals surface area contributed by atoms with Crippen LogP contribution in [0.2, 0.25) is 0 Å². The molecule has 1 aliphatic rings. The van der Waals surface area contributed by atoms with Crippen molar-refractivity contribution in [1.29, 1.82) is 0 Å². The van der Waals surface area contributed by atoms with E-state index in [1.165, 1.54) is 6.07 Å². The molecule has 1 fully saturated rings. The molecular formula is C20H20F5N3O3S. The third-order valence-electron chi connectivity index (χ3n) is 5.21. The number of halogens is 5. The maximum absolute atomic E-state index is 13.3. The Morgan fingerprint density at radius 1 is 0.969 bits per heavy atom. The van der Waals surface area contributed by atoms with Crippen molar-refractivity contribution in [3.8, 4) is 0 Å². The van der Waals surface area contributed by atoms with Crippen LogP contribution in [0.15, 0.2) is 47.4 Å². The number of hydrogen-bond acceptors (Lipinski definition) is 4. The Morgan fingerprint density at radius 3 is 2.09 bits per heavy atom. The number of alkyl halides is 3. The summed E-state index contributed by atoms with van der Waals surface area (Å²) < 4.78 is 91.0. The van der Waals surface area contributed by atoms with E-state index in [4.69, 9.17) is 0 Å². The number of hydrogen-bond donors (Lipinski definition) is 1. The lowest BCUT2D eigenvalue weighted by Crippen LogP contribution is -2.53. The van der Waals surface area contributed by atoms with Crippen LogP contribution in [0.5, 0.6) is 0 Å². The van der Waals surface area contributed by atoms with Gasteiger partial charge in [0.15, 0.2) is 11.6 Å². The maximum atomic E-state index is 13.3. The predicted molar refractivity (Wildman–Crippen MR) is 106 cm³/mol. The summed E-state index contributed by atoms with van der Waals surface area (Å²) in [6, 6.07) is 5.55. The zero-order valence-corrected chi connectivity index (χ0v) is 17.7. The minimum atomic E-state index is -4.57. The van der Waals surface area contributed by atoms with Crippen molar-refractivity contribution < 1.29 is 35.2 Å². The molecule has 6 nitrogen and oxygen atoms in total. The quantitative estimate of drug-likeness (QED) is 0.671. The minimum absolute atomic E-state index is 0.0339. The Labute approximate surface area is 181 Å². The van der Waals surface area contributed by atoms with Gasteiger partial charge in [0, 0.05) is 37.9 Å². The van der Waals surface area contributed by atoms with E-state index in [1.807, 2.05) is 0 Å². The molecule has 1 aliphatic heterocycles. The van der Waals surface area contributed by atoms with Crippen LogP contribution in [0.1, 0.15) is 12.5 Å². The summed E-state index contributed by atoms with van der Waals surface area (Å²) in [5.41, 5.74) is -0.855. The first kappa shape index (κ1) is 24.1. The topological polar surface area (TPSA) is 69.7 Å². The number of anilines is 1. The fraction of sp³-hybridized carbons (Fsp3) is 0.350. The van der Waals surface area contributed by atoms with Gasteiger partial charge in [-0.3, -0.25) is 9.69 Å². The summed E-state index contributed by atoms with van der Waals surface area (Å²) >= 11 is 0. The lowest BCUT2D eigenvalue weighted by molar-refractivity contribution is -0.137. The molecular weight excluding hydrogens is 457 g/mol. The fourth-order valence-corrected chi connectivity index (χ4v) is 4.70. The zero-order chi connectivity index (χ0) is 23.7. The lowest BCUT2D eigenvalue weighted by Gasteiger charge is -2.36. The third-order valence-corrected chi connectivity index (χ3v) is 7.12. The molecule has 0 saturated carbocycles. The second-order valence-corrected chi connectivity index (χ2v) is 9.19. The first-order valence-electron chi connectivity index (χ1n) is 9.57. The second kappa shape index (κ2) is 9.12. The van der Waals surface area contributed by atoms with E-state index in [0.717, 1.165) is 28.6 Å². The number of carbonyl (C=O) groups excluding carboxylic acids is 1. The van der Waals surface area contributed by atoms with E-state index in [1.54, 1.807) is 11.8 Å². The third kappa shape index (κ3) is 5.25. The first-order chi connectivity index (χ1) is 14.9. The van der Waals surface area contributed by atoms with Gasteiger partial charge in [-0.15, -0.1) is 0 Å². The number of nitrogens with zero attached hydrogens (tertiary/aromatic N) is 2. The Morgan fingerprint density at radius 2 is 1.56 bits per heavy atom. The van der Waals surface area contributed by atoms with E-state index in [0.29, 0.717) is 12.1 Å². The molecule has 2 aromatic carbocycles. The molecule has 0 unspecified atom stereocenters. The summed E-state index contributed by atoms with van der Waals surface area (Å²) in [6.45, 7) is 2.06. The standard InChI is InChI=1S/C20H20F5N3O3S/c1-13(19(29)26-15-4-7-17(21)18(22)12-15)27-8-10-28(11-9-27)32(30,31)16-5-2-14(3-6-16)20(23,24)25/h2-7,12-13H,8-11H2,1H3,(H,26,29)/t13-/m1/s1. The number of rotatable bonds is 5. The van der Waals surface area contributed by atoms with Gasteiger partial charge in [-0.1, -0.05) is 0 Å². The van der Waals surface area contributed by atoms with Crippen molar-refractivity contribution in [2.45, 2.75) is 24.0 Å². The average molecular weight is 477 g/mol. The number of amides is 1. The van der Waals surface area contributed by atoms with Crippen LogP contribution in [0.4, 0.5) is 27.6 Å². The molecule has 0 spiro atoms. The van der Waals surface area contributed by atoms with Crippen molar-refractivity contribution in [1.82, 2.24) is 9.21 Å². The molecule has 174 valence electrons. The molecule has 2 aromatic rings. The van der Waals surface area contributed by atoms with Crippen LogP contribution in [0.25, 0.3) is 0 Å². The van der Waals surface area contributed by atoms with Crippen molar-refractivity contribution in [2.24, 2.45) is 0 Å². The lowest BCUT2D eigenvalue weighted by atomic mass is 10.2. The Hall–Kier alpha value is -2.57. The van der Waals surface area contributed by atoms with Crippen LogP contribution in [-0.2, 0) is 21.0 Å². The van der Waals surface area contributed by atoms with Gasteiger partial charge in [0.1, 0.15) is 0 Å². The molecule has 32 heavy (non-hydrogen) atoms. The van der Waals surface area contributed by atoms with Crippen LogP contribution >= 0.6 is 0 Å². The van der Waals surface area contributed by atoms with E-state index >= 15 is 0 Å². The highest BCUT2D eigenvalue weighted by molar-refractivity contribution is 7.89. The molecule has 0 aliphatic carbocycles. The van der Waals surface area contributed by atoms with Crippen LogP contribution < -0.4 is 5.32 Å². The van der Waals surface area contributed by atoms with Gasteiger partial charge in [0.05, 0.1) is 16.5 Å². The second-order valence-electron chi connectivity index (χ2n) is 7.26. The fourth-order valence-electron chi connectivity index (χ4n) is 3.28. The maximum Gasteiger partial charge on any atom is 0.416 e. The van der Waals surface area contributed by atoms with Gasteiger partial charge >= 0.3 is 6.18 Å². The van der Waals surface area contributed by atoms with Crippen molar-refractivity contribution in [3.63, 3.8) is 0 Å². The van der Waals surface area contributed by atoms with Crippen LogP contribution in [-0.4, -0.2) is 55.8 Å². The minimum Gasteiger partial charge on any atom is -0.325 e. The monoisotopic (exact) mass is 477 g/mol. The van der Waals surface area contributed by atoms with Crippen molar-refractivity contribution in [2.75, 3.05) is 31.5 Å². The zero-order valence-electron chi connectivity index (χ0n) is 16.9. The van der Waals surface area contributed by atoms with Gasteiger partial charge in [0.2, 0.25) is 15.9 Å². The summed E-state index contributed by atoms with van der Waals surface area (Å²) in [6.07, 6.45) is -4.57. The Bertz CT molecular complexity index is 1080. The van der Waals surface area contributed by atoms with Crippen molar-refractivity contribution >= 4 is 21.6 Å². The number of nitrogens with one attached hydrogen (secondary N) is 1. The summed E-state index contributed by atoms with van der Waals surface area (Å²) in [5, 5.41) is 2.48. The van der Waals surface area contributed by atoms with Gasteiger partial charge < -0.3 is 5.32 Å². The Balaban J connectivity index is 1.60. The number of sulfonamides is 1. The summed E-state index contributed by atoms with van der Waals surface area (Å²) in [5.74, 6) is -2.62. The highest BCUT2D eigenvalue weighted by Crippen LogP contribution is 2.30. The molecule has 0 aromatic heterocycles. The molecule has 0 radical (unpaired) electrons. The van der Waals surface area contributed by atoms with Crippen molar-refractivity contribution in [3.05, 3.63) is 59.7 Å². The highest BCUT2D eigenvalue weighted by Gasteiger charge is 2.34. The molecule has 0 bridgehead atoms. The number of carbonyl (C=O) groups is 1. The van der Waals surface area contributed by atoms with E-state index in [-0.39, 0.29) is 36.8 Å². The first-order valence-corrected chi connectivity index (χ1v) is 11.0. The molecule has 3 rings (SSSR count). The molecule has 1 amide bonds. The van der Waals surface area contributed by atoms with Gasteiger partial charge in [0.25, 0.3) is 0 Å². The Kier molecular flexibility index (Phi) is 6.86. The summed E-state index contributed by atoms with van der Waals surface area (Å²) in [4.78, 5) is 13.9. The molecule has 1 heterocycles. The van der Waals surface area contributed by atoms with E-state index in [9.17, 15) is 35.2 Å². The average Bonchev–Trinajstić information content (AvgIpc) is 2.75. The normalized spacial score (nSPS) is 17.2. The molecule has 1 atom stereocenters.